The summed E-state index contributed by atoms with van der Waals surface area (Å²) < 4.78 is 5.92. The van der Waals surface area contributed by atoms with Gasteiger partial charge in [-0.1, -0.05) is 32.6 Å². The molecule has 0 spiro atoms. The molecular formula is C18H32N2Na2O6. The van der Waals surface area contributed by atoms with Crippen molar-refractivity contribution in [1.29, 1.82) is 0 Å². The number of aliphatic carboxylic acids is 2. The molecule has 1 aliphatic heterocycles. The molecule has 10 heteroatoms. The fraction of sp³-hybridized carbons (Fsp3) is 0.833. The quantitative estimate of drug-likeness (QED) is 0.148. The van der Waals surface area contributed by atoms with Gasteiger partial charge in [0.25, 0.3) is 0 Å². The topological polar surface area (TPSA) is 132 Å². The number of carboxylic acids is 2. The molecule has 1 aliphatic rings. The average molecular weight is 418 g/mol. The van der Waals surface area contributed by atoms with Crippen LogP contribution in [0.4, 0.5) is 0 Å². The number of hydrogen-bond donors (Lipinski definition) is 0. The molecule has 0 bridgehead atoms. The van der Waals surface area contributed by atoms with Crippen molar-refractivity contribution in [3.63, 3.8) is 0 Å². The van der Waals surface area contributed by atoms with E-state index in [1.54, 1.807) is 0 Å². The van der Waals surface area contributed by atoms with E-state index in [9.17, 15) is 19.8 Å². The maximum Gasteiger partial charge on any atom is 1.00 e. The minimum absolute atomic E-state index is 0. The van der Waals surface area contributed by atoms with Crippen LogP contribution in [0, 0.1) is 0 Å². The van der Waals surface area contributed by atoms with E-state index in [-0.39, 0.29) is 84.0 Å². The molecule has 0 aromatic carbocycles. The molecule has 1 unspecified atom stereocenters. The van der Waals surface area contributed by atoms with Crippen LogP contribution in [-0.4, -0.2) is 67.1 Å². The van der Waals surface area contributed by atoms with Crippen molar-refractivity contribution in [3.8, 4) is 0 Å². The summed E-state index contributed by atoms with van der Waals surface area (Å²) in [5, 5.41) is 21.3. The molecule has 0 saturated heterocycles. The van der Waals surface area contributed by atoms with Crippen LogP contribution in [0.15, 0.2) is 4.99 Å². The van der Waals surface area contributed by atoms with Gasteiger partial charge in [-0.05, 0) is 6.42 Å². The summed E-state index contributed by atoms with van der Waals surface area (Å²) in [6, 6.07) is 0. The van der Waals surface area contributed by atoms with E-state index in [0.29, 0.717) is 30.7 Å². The first-order chi connectivity index (χ1) is 12.0. The zero-order valence-corrected chi connectivity index (χ0v) is 21.8. The summed E-state index contributed by atoms with van der Waals surface area (Å²) >= 11 is 0. The van der Waals surface area contributed by atoms with Gasteiger partial charge < -0.3 is 30.0 Å². The van der Waals surface area contributed by atoms with Crippen LogP contribution in [0.25, 0.3) is 0 Å². The Bertz CT molecular complexity index is 465. The Balaban J connectivity index is -0.00000208. The van der Waals surface area contributed by atoms with Crippen molar-refractivity contribution in [3.05, 3.63) is 0 Å². The second kappa shape index (κ2) is 19.5. The largest absolute Gasteiger partial charge is 1.00 e. The molecule has 0 radical (unpaired) electrons. The predicted molar refractivity (Wildman–Crippen MR) is 92.5 cm³/mol. The van der Waals surface area contributed by atoms with Crippen molar-refractivity contribution in [2.45, 2.75) is 58.3 Å². The zero-order valence-electron chi connectivity index (χ0n) is 17.8. The SMILES string of the molecule is CCCCCCCC1=NCC[N+]1(CCOCCC(=O)[O-])CCC(=O)[O-].[Na+].[Na+].[OH-]. The number of hydrogen-bond acceptors (Lipinski definition) is 7. The summed E-state index contributed by atoms with van der Waals surface area (Å²) in [5.41, 5.74) is 0. The monoisotopic (exact) mass is 418 g/mol. The second-order valence-electron chi connectivity index (χ2n) is 6.63. The third kappa shape index (κ3) is 13.7. The van der Waals surface area contributed by atoms with Crippen molar-refractivity contribution in [2.75, 3.05) is 39.4 Å². The summed E-state index contributed by atoms with van der Waals surface area (Å²) in [4.78, 5) is 26.0. The van der Waals surface area contributed by atoms with Crippen LogP contribution in [0.5, 0.6) is 0 Å². The van der Waals surface area contributed by atoms with Crippen molar-refractivity contribution in [1.82, 2.24) is 0 Å². The van der Waals surface area contributed by atoms with Gasteiger partial charge in [0.15, 0.2) is 5.84 Å². The van der Waals surface area contributed by atoms with Gasteiger partial charge in [-0.25, -0.2) is 4.99 Å². The fourth-order valence-electron chi connectivity index (χ4n) is 3.25. The molecular weight excluding hydrogens is 386 g/mol. The zero-order chi connectivity index (χ0) is 18.5. The number of rotatable bonds is 15. The average Bonchev–Trinajstić information content (AvgIpc) is 2.95. The Morgan fingerprint density at radius 1 is 1.00 bits per heavy atom. The van der Waals surface area contributed by atoms with E-state index in [4.69, 9.17) is 4.74 Å². The molecule has 8 nitrogen and oxygen atoms in total. The van der Waals surface area contributed by atoms with Crippen molar-refractivity contribution in [2.24, 2.45) is 4.99 Å². The fourth-order valence-corrected chi connectivity index (χ4v) is 3.25. The summed E-state index contributed by atoms with van der Waals surface area (Å²) in [5.74, 6) is -1.12. The Kier molecular flexibility index (Phi) is 23.0. The van der Waals surface area contributed by atoms with E-state index in [0.717, 1.165) is 31.6 Å². The van der Waals surface area contributed by atoms with E-state index < -0.39 is 11.9 Å². The summed E-state index contributed by atoms with van der Waals surface area (Å²) in [6.07, 6.45) is 6.64. The van der Waals surface area contributed by atoms with Gasteiger partial charge in [-0.15, -0.1) is 0 Å². The van der Waals surface area contributed by atoms with E-state index in [1.165, 1.54) is 19.3 Å². The van der Waals surface area contributed by atoms with Crippen LogP contribution in [-0.2, 0) is 14.3 Å². The van der Waals surface area contributed by atoms with E-state index in [2.05, 4.69) is 11.9 Å². The molecule has 0 aromatic rings. The third-order valence-electron chi connectivity index (χ3n) is 4.73. The smallest absolute Gasteiger partial charge is 0.870 e. The third-order valence-corrected chi connectivity index (χ3v) is 4.73. The van der Waals surface area contributed by atoms with Crippen molar-refractivity contribution < 1.29 is 93.6 Å². The van der Waals surface area contributed by atoms with Gasteiger partial charge >= 0.3 is 59.1 Å². The maximum atomic E-state index is 10.9. The molecule has 0 fully saturated rings. The number of aliphatic imine (C=N–C) groups is 1. The first-order valence-electron chi connectivity index (χ1n) is 9.37. The number of amidine groups is 1. The Morgan fingerprint density at radius 2 is 1.64 bits per heavy atom. The van der Waals surface area contributed by atoms with E-state index in [1.807, 2.05) is 0 Å². The molecule has 0 aromatic heterocycles. The number of carboxylic acid groups (broad SMARTS) is 2. The van der Waals surface area contributed by atoms with Gasteiger partial charge in [-0.3, -0.25) is 4.48 Å². The number of ether oxygens (including phenoxy) is 1. The van der Waals surface area contributed by atoms with Crippen LogP contribution in [0.3, 0.4) is 0 Å². The minimum atomic E-state index is -1.13. The molecule has 0 saturated carbocycles. The number of carbonyl (C=O) groups excluding carboxylic acids is 2. The predicted octanol–water partition coefficient (Wildman–Crippen LogP) is -6.30. The van der Waals surface area contributed by atoms with Crippen LogP contribution >= 0.6 is 0 Å². The normalized spacial score (nSPS) is 17.7. The number of unbranched alkanes of at least 4 members (excludes halogenated alkanes) is 4. The molecule has 1 rings (SSSR count). The van der Waals surface area contributed by atoms with E-state index >= 15 is 0 Å². The van der Waals surface area contributed by atoms with Crippen LogP contribution in [0.2, 0.25) is 0 Å². The molecule has 1 atom stereocenters. The summed E-state index contributed by atoms with van der Waals surface area (Å²) in [6.45, 7) is 5.25. The molecule has 0 aliphatic carbocycles. The van der Waals surface area contributed by atoms with Gasteiger partial charge in [0.2, 0.25) is 0 Å². The molecule has 1 heterocycles. The Hall–Kier alpha value is 0.490. The molecule has 0 amide bonds. The Morgan fingerprint density at radius 3 is 2.25 bits per heavy atom. The summed E-state index contributed by atoms with van der Waals surface area (Å²) in [7, 11) is 0. The molecule has 28 heavy (non-hydrogen) atoms. The first kappa shape index (κ1) is 33.1. The molecule has 1 N–H and O–H groups in total. The number of nitrogens with zero attached hydrogens (tertiary/aromatic N) is 2. The van der Waals surface area contributed by atoms with Crippen LogP contribution in [0.1, 0.15) is 58.3 Å². The standard InChI is InChI=1S/C18H32N2O5.2Na.H2O/c1-2-3-4-5-6-7-16-19-10-12-20(16,11-8-17(21)22)13-15-25-14-9-18(23)24;;;/h2-15H2,1H3,(H-,21,22,23,24);;;1H2/q;2*+1;/p-2. The second-order valence-corrected chi connectivity index (χ2v) is 6.63. The van der Waals surface area contributed by atoms with Crippen LogP contribution < -0.4 is 69.3 Å². The molecule has 152 valence electrons. The van der Waals surface area contributed by atoms with Gasteiger partial charge in [0, 0.05) is 31.2 Å². The minimum Gasteiger partial charge on any atom is -0.870 e. The van der Waals surface area contributed by atoms with Gasteiger partial charge in [-0.2, -0.15) is 0 Å². The first-order valence-corrected chi connectivity index (χ1v) is 9.37. The van der Waals surface area contributed by atoms with Crippen molar-refractivity contribution >= 4 is 17.8 Å². The maximum absolute atomic E-state index is 10.9. The number of carbonyl (C=O) groups is 2. The Labute approximate surface area is 212 Å². The van der Waals surface area contributed by atoms with Gasteiger partial charge in [0.05, 0.1) is 26.3 Å². The number of quaternary nitrogens is 1. The van der Waals surface area contributed by atoms with Gasteiger partial charge in [0.1, 0.15) is 13.1 Å².